The second kappa shape index (κ2) is 6.70. The van der Waals surface area contributed by atoms with Gasteiger partial charge in [-0.25, -0.2) is 0 Å². The summed E-state index contributed by atoms with van der Waals surface area (Å²) in [6.45, 7) is 4.88. The number of hydrogen-bond donors (Lipinski definition) is 1. The lowest BCUT2D eigenvalue weighted by Crippen LogP contribution is -2.28. The van der Waals surface area contributed by atoms with Gasteiger partial charge in [-0.2, -0.15) is 0 Å². The van der Waals surface area contributed by atoms with E-state index in [0.717, 1.165) is 23.0 Å². The van der Waals surface area contributed by atoms with Crippen molar-refractivity contribution in [2.75, 3.05) is 0 Å². The highest BCUT2D eigenvalue weighted by Crippen LogP contribution is 2.17. The van der Waals surface area contributed by atoms with Crippen LogP contribution in [0.15, 0.2) is 41.3 Å². The Balaban J connectivity index is 2.12. The van der Waals surface area contributed by atoms with E-state index in [1.54, 1.807) is 12.4 Å². The molecule has 5 heteroatoms. The van der Waals surface area contributed by atoms with Crippen LogP contribution in [-0.4, -0.2) is 15.5 Å². The molecular weight excluding hydrogens is 318 g/mol. The number of aryl methyl sites for hydroxylation is 1. The number of pyridine rings is 1. The first-order valence-electron chi connectivity index (χ1n) is 6.68. The van der Waals surface area contributed by atoms with Crippen LogP contribution in [0.1, 0.15) is 42.4 Å². The molecule has 0 aromatic carbocycles. The molecular formula is C15H18BrN3O. The molecule has 0 aliphatic carbocycles. The van der Waals surface area contributed by atoms with Crippen molar-refractivity contribution in [3.05, 3.63) is 52.5 Å². The Labute approximate surface area is 127 Å². The Morgan fingerprint density at radius 3 is 3.00 bits per heavy atom. The zero-order valence-corrected chi connectivity index (χ0v) is 13.2. The van der Waals surface area contributed by atoms with Crippen LogP contribution in [0.3, 0.4) is 0 Å². The number of amides is 1. The van der Waals surface area contributed by atoms with Gasteiger partial charge in [0, 0.05) is 29.6 Å². The maximum absolute atomic E-state index is 12.4. The molecule has 106 valence electrons. The van der Waals surface area contributed by atoms with Gasteiger partial charge >= 0.3 is 0 Å². The Bertz CT molecular complexity index is 580. The van der Waals surface area contributed by atoms with Crippen LogP contribution in [-0.2, 0) is 6.54 Å². The highest BCUT2D eigenvalue weighted by Gasteiger charge is 2.15. The normalized spacial score (nSPS) is 12.2. The van der Waals surface area contributed by atoms with Gasteiger partial charge in [-0.15, -0.1) is 0 Å². The first-order chi connectivity index (χ1) is 9.61. The molecule has 0 spiro atoms. The van der Waals surface area contributed by atoms with Crippen LogP contribution in [0.25, 0.3) is 0 Å². The van der Waals surface area contributed by atoms with Gasteiger partial charge in [-0.05, 0) is 47.0 Å². The number of nitrogens with zero attached hydrogens (tertiary/aromatic N) is 2. The zero-order valence-electron chi connectivity index (χ0n) is 11.6. The minimum absolute atomic E-state index is 0.0690. The van der Waals surface area contributed by atoms with Crippen molar-refractivity contribution in [2.45, 2.75) is 32.9 Å². The van der Waals surface area contributed by atoms with Crippen LogP contribution in [0.5, 0.6) is 0 Å². The molecule has 2 aromatic heterocycles. The molecule has 4 nitrogen and oxygen atoms in total. The van der Waals surface area contributed by atoms with Crippen LogP contribution < -0.4 is 5.32 Å². The van der Waals surface area contributed by atoms with Gasteiger partial charge < -0.3 is 9.88 Å². The van der Waals surface area contributed by atoms with Crippen molar-refractivity contribution in [3.63, 3.8) is 0 Å². The third kappa shape index (κ3) is 3.48. The summed E-state index contributed by atoms with van der Waals surface area (Å²) in [6, 6.07) is 5.61. The van der Waals surface area contributed by atoms with E-state index < -0.39 is 0 Å². The van der Waals surface area contributed by atoms with E-state index in [1.807, 2.05) is 35.9 Å². The Morgan fingerprint density at radius 1 is 1.55 bits per heavy atom. The molecule has 1 unspecified atom stereocenters. The largest absolute Gasteiger partial charge is 0.344 e. The van der Waals surface area contributed by atoms with Crippen molar-refractivity contribution in [2.24, 2.45) is 0 Å². The quantitative estimate of drug-likeness (QED) is 0.908. The van der Waals surface area contributed by atoms with Crippen LogP contribution in [0, 0.1) is 0 Å². The topological polar surface area (TPSA) is 46.9 Å². The molecule has 2 aromatic rings. The molecule has 1 amide bonds. The smallest absolute Gasteiger partial charge is 0.268 e. The number of rotatable bonds is 5. The minimum atomic E-state index is -0.0695. The fourth-order valence-corrected chi connectivity index (χ4v) is 2.54. The fourth-order valence-electron chi connectivity index (χ4n) is 2.08. The maximum Gasteiger partial charge on any atom is 0.268 e. The minimum Gasteiger partial charge on any atom is -0.344 e. The zero-order chi connectivity index (χ0) is 14.5. The SMILES string of the molecule is CCCn1cc(Br)cc1C(=O)NC(C)c1cccnc1. The Morgan fingerprint density at radius 2 is 2.35 bits per heavy atom. The average Bonchev–Trinajstić information content (AvgIpc) is 2.81. The van der Waals surface area contributed by atoms with Crippen LogP contribution >= 0.6 is 15.9 Å². The monoisotopic (exact) mass is 335 g/mol. The highest BCUT2D eigenvalue weighted by molar-refractivity contribution is 9.10. The van der Waals surface area contributed by atoms with Gasteiger partial charge in [0.15, 0.2) is 0 Å². The summed E-state index contributed by atoms with van der Waals surface area (Å²) in [5, 5.41) is 3.00. The van der Waals surface area contributed by atoms with E-state index in [4.69, 9.17) is 0 Å². The molecule has 1 atom stereocenters. The van der Waals surface area contributed by atoms with Gasteiger partial charge in [0.2, 0.25) is 0 Å². The Kier molecular flexibility index (Phi) is 4.95. The molecule has 0 radical (unpaired) electrons. The summed E-state index contributed by atoms with van der Waals surface area (Å²) in [6.07, 6.45) is 6.42. The molecule has 1 N–H and O–H groups in total. The van der Waals surface area contributed by atoms with E-state index >= 15 is 0 Å². The third-order valence-corrected chi connectivity index (χ3v) is 3.53. The van der Waals surface area contributed by atoms with Crippen LogP contribution in [0.2, 0.25) is 0 Å². The fraction of sp³-hybridized carbons (Fsp3) is 0.333. The van der Waals surface area contributed by atoms with Crippen molar-refractivity contribution in [1.29, 1.82) is 0 Å². The van der Waals surface area contributed by atoms with E-state index in [1.165, 1.54) is 0 Å². The van der Waals surface area contributed by atoms with E-state index in [-0.39, 0.29) is 11.9 Å². The van der Waals surface area contributed by atoms with Crippen molar-refractivity contribution < 1.29 is 4.79 Å². The standard InChI is InChI=1S/C15H18BrN3O/c1-3-7-19-10-13(16)8-14(19)15(20)18-11(2)12-5-4-6-17-9-12/h4-6,8-11H,3,7H2,1-2H3,(H,18,20). The number of carbonyl (C=O) groups is 1. The molecule has 0 aliphatic rings. The number of halogens is 1. The Hall–Kier alpha value is -1.62. The molecule has 0 saturated heterocycles. The van der Waals surface area contributed by atoms with Gasteiger partial charge in [-0.1, -0.05) is 13.0 Å². The van der Waals surface area contributed by atoms with Crippen molar-refractivity contribution in [3.8, 4) is 0 Å². The van der Waals surface area contributed by atoms with E-state index in [2.05, 4.69) is 33.2 Å². The lowest BCUT2D eigenvalue weighted by atomic mass is 10.1. The summed E-state index contributed by atoms with van der Waals surface area (Å²) >= 11 is 3.42. The number of carbonyl (C=O) groups excluding carboxylic acids is 1. The first kappa shape index (κ1) is 14.8. The first-order valence-corrected chi connectivity index (χ1v) is 7.47. The van der Waals surface area contributed by atoms with Crippen LogP contribution in [0.4, 0.5) is 0 Å². The predicted octanol–water partition coefficient (Wildman–Crippen LogP) is 3.55. The lowest BCUT2D eigenvalue weighted by molar-refractivity contribution is 0.0930. The van der Waals surface area contributed by atoms with Gasteiger partial charge in [0.25, 0.3) is 5.91 Å². The van der Waals surface area contributed by atoms with Crippen molar-refractivity contribution in [1.82, 2.24) is 14.9 Å². The second-order valence-corrected chi connectivity index (χ2v) is 5.63. The molecule has 2 heterocycles. The number of aromatic nitrogens is 2. The van der Waals surface area contributed by atoms with E-state index in [9.17, 15) is 4.79 Å². The van der Waals surface area contributed by atoms with Crippen molar-refractivity contribution >= 4 is 21.8 Å². The van der Waals surface area contributed by atoms with E-state index in [0.29, 0.717) is 5.69 Å². The third-order valence-electron chi connectivity index (χ3n) is 3.09. The molecule has 20 heavy (non-hydrogen) atoms. The predicted molar refractivity (Wildman–Crippen MR) is 82.5 cm³/mol. The molecule has 0 bridgehead atoms. The summed E-state index contributed by atoms with van der Waals surface area (Å²) in [5.74, 6) is -0.0690. The molecule has 0 aliphatic heterocycles. The summed E-state index contributed by atoms with van der Waals surface area (Å²) < 4.78 is 2.89. The summed E-state index contributed by atoms with van der Waals surface area (Å²) in [5.41, 5.74) is 1.67. The van der Waals surface area contributed by atoms with Gasteiger partial charge in [0.1, 0.15) is 5.69 Å². The summed E-state index contributed by atoms with van der Waals surface area (Å²) in [7, 11) is 0. The highest BCUT2D eigenvalue weighted by atomic mass is 79.9. The lowest BCUT2D eigenvalue weighted by Gasteiger charge is -2.15. The number of nitrogens with one attached hydrogen (secondary N) is 1. The maximum atomic E-state index is 12.4. The molecule has 0 fully saturated rings. The second-order valence-electron chi connectivity index (χ2n) is 4.72. The number of hydrogen-bond acceptors (Lipinski definition) is 2. The average molecular weight is 336 g/mol. The molecule has 2 rings (SSSR count). The van der Waals surface area contributed by atoms with Gasteiger partial charge in [0.05, 0.1) is 6.04 Å². The molecule has 0 saturated carbocycles. The van der Waals surface area contributed by atoms with Gasteiger partial charge in [-0.3, -0.25) is 9.78 Å². The summed E-state index contributed by atoms with van der Waals surface area (Å²) in [4.78, 5) is 16.4.